The zero-order valence-electron chi connectivity index (χ0n) is 16.1. The summed E-state index contributed by atoms with van der Waals surface area (Å²) in [5.74, 6) is 0.744. The van der Waals surface area contributed by atoms with E-state index >= 15 is 0 Å². The number of hydrogen-bond donors (Lipinski definition) is 1. The van der Waals surface area contributed by atoms with Crippen molar-refractivity contribution in [3.05, 3.63) is 41.8 Å². The van der Waals surface area contributed by atoms with Crippen LogP contribution in [0.2, 0.25) is 0 Å². The molecule has 1 aromatic carbocycles. The lowest BCUT2D eigenvalue weighted by atomic mass is 9.86. The Morgan fingerprint density at radius 2 is 1.93 bits per heavy atom. The van der Waals surface area contributed by atoms with Gasteiger partial charge < -0.3 is 10.1 Å². The third-order valence-electron chi connectivity index (χ3n) is 5.14. The first-order valence-electron chi connectivity index (χ1n) is 9.41. The highest BCUT2D eigenvalue weighted by Crippen LogP contribution is 2.28. The van der Waals surface area contributed by atoms with Crippen LogP contribution in [0.25, 0.3) is 0 Å². The summed E-state index contributed by atoms with van der Waals surface area (Å²) < 4.78 is 32.9. The molecule has 1 amide bonds. The number of ether oxygens (including phenoxy) is 1. The van der Waals surface area contributed by atoms with Gasteiger partial charge in [-0.2, -0.15) is 0 Å². The molecule has 28 heavy (non-hydrogen) atoms. The molecular weight excluding hydrogens is 396 g/mol. The summed E-state index contributed by atoms with van der Waals surface area (Å²) in [6.45, 7) is 1.88. The summed E-state index contributed by atoms with van der Waals surface area (Å²) >= 11 is 1.14. The van der Waals surface area contributed by atoms with Gasteiger partial charge in [0.25, 0.3) is 10.0 Å². The van der Waals surface area contributed by atoms with Gasteiger partial charge in [0, 0.05) is 6.04 Å². The first-order chi connectivity index (χ1) is 13.4. The van der Waals surface area contributed by atoms with Gasteiger partial charge in [0.05, 0.1) is 12.8 Å². The van der Waals surface area contributed by atoms with Crippen LogP contribution in [0.4, 0.5) is 5.69 Å². The van der Waals surface area contributed by atoms with E-state index in [0.29, 0.717) is 17.4 Å². The van der Waals surface area contributed by atoms with Crippen molar-refractivity contribution in [2.24, 2.45) is 5.92 Å². The number of rotatable bonds is 7. The van der Waals surface area contributed by atoms with E-state index in [0.717, 1.165) is 30.6 Å². The van der Waals surface area contributed by atoms with Crippen LogP contribution in [0.1, 0.15) is 32.6 Å². The summed E-state index contributed by atoms with van der Waals surface area (Å²) in [6.07, 6.45) is 4.29. The molecule has 3 rings (SSSR count). The Balaban J connectivity index is 1.84. The molecule has 0 bridgehead atoms. The second kappa shape index (κ2) is 8.96. The summed E-state index contributed by atoms with van der Waals surface area (Å²) in [7, 11) is -2.28. The number of methoxy groups -OCH3 is 1. The van der Waals surface area contributed by atoms with Crippen LogP contribution in [0.15, 0.2) is 46.0 Å². The van der Waals surface area contributed by atoms with E-state index in [9.17, 15) is 13.2 Å². The van der Waals surface area contributed by atoms with Crippen molar-refractivity contribution in [1.82, 2.24) is 5.32 Å². The van der Waals surface area contributed by atoms with E-state index in [1.807, 2.05) is 0 Å². The lowest BCUT2D eigenvalue weighted by Gasteiger charge is -2.31. The van der Waals surface area contributed by atoms with Crippen molar-refractivity contribution in [1.29, 1.82) is 0 Å². The first kappa shape index (κ1) is 20.7. The molecule has 1 aliphatic carbocycles. The molecule has 2 atom stereocenters. The maximum absolute atomic E-state index is 13.2. The standard InChI is InChI=1S/C20H26N2O4S2/c1-15-6-3-4-7-18(15)21-19(23)14-22(16-9-11-17(26-2)12-10-16)28(24,25)20-8-5-13-27-20/h5,8-13,15,18H,3-4,6-7,14H2,1-2H3,(H,21,23)/t15-,18-/m1/s1. The number of benzene rings is 1. The SMILES string of the molecule is COc1ccc(N(CC(=O)N[C@@H]2CCCC[C@H]2C)S(=O)(=O)c2cccs2)cc1. The predicted molar refractivity (Wildman–Crippen MR) is 111 cm³/mol. The molecule has 1 saturated carbocycles. The van der Waals surface area contributed by atoms with Crippen LogP contribution in [-0.2, 0) is 14.8 Å². The van der Waals surface area contributed by atoms with Crippen LogP contribution >= 0.6 is 11.3 Å². The number of nitrogens with one attached hydrogen (secondary N) is 1. The van der Waals surface area contributed by atoms with Gasteiger partial charge in [0.1, 0.15) is 16.5 Å². The van der Waals surface area contributed by atoms with Gasteiger partial charge in [-0.15, -0.1) is 11.3 Å². The maximum Gasteiger partial charge on any atom is 0.274 e. The fourth-order valence-electron chi connectivity index (χ4n) is 3.50. The topological polar surface area (TPSA) is 75.7 Å². The zero-order chi connectivity index (χ0) is 20.1. The summed E-state index contributed by atoms with van der Waals surface area (Å²) in [6, 6.07) is 10.0. The summed E-state index contributed by atoms with van der Waals surface area (Å²) in [5.41, 5.74) is 0.432. The number of carbonyl (C=O) groups is 1. The molecule has 1 aromatic heterocycles. The predicted octanol–water partition coefficient (Wildman–Crippen LogP) is 3.65. The van der Waals surface area contributed by atoms with Gasteiger partial charge in [0.2, 0.25) is 5.91 Å². The van der Waals surface area contributed by atoms with Crippen LogP contribution in [0.5, 0.6) is 5.75 Å². The Morgan fingerprint density at radius 3 is 2.54 bits per heavy atom. The molecule has 1 fully saturated rings. The molecule has 8 heteroatoms. The van der Waals surface area contributed by atoms with Gasteiger partial charge >= 0.3 is 0 Å². The van der Waals surface area contributed by atoms with E-state index in [4.69, 9.17) is 4.74 Å². The molecule has 0 saturated heterocycles. The summed E-state index contributed by atoms with van der Waals surface area (Å²) in [4.78, 5) is 12.7. The zero-order valence-corrected chi connectivity index (χ0v) is 17.8. The van der Waals surface area contributed by atoms with E-state index in [2.05, 4.69) is 12.2 Å². The Morgan fingerprint density at radius 1 is 1.21 bits per heavy atom. The lowest BCUT2D eigenvalue weighted by Crippen LogP contribution is -2.47. The van der Waals surface area contributed by atoms with Gasteiger partial charge in [-0.3, -0.25) is 9.10 Å². The van der Waals surface area contributed by atoms with Crippen molar-refractivity contribution in [2.75, 3.05) is 18.0 Å². The molecule has 0 spiro atoms. The number of sulfonamides is 1. The molecule has 0 aliphatic heterocycles. The summed E-state index contributed by atoms with van der Waals surface area (Å²) in [5, 5.41) is 4.75. The van der Waals surface area contributed by atoms with E-state index in [-0.39, 0.29) is 22.7 Å². The number of amides is 1. The second-order valence-electron chi connectivity index (χ2n) is 7.08. The maximum atomic E-state index is 13.2. The quantitative estimate of drug-likeness (QED) is 0.739. The third kappa shape index (κ3) is 4.67. The number of thiophene rings is 1. The van der Waals surface area contributed by atoms with Crippen LogP contribution < -0.4 is 14.4 Å². The van der Waals surface area contributed by atoms with E-state index in [1.54, 1.807) is 48.9 Å². The van der Waals surface area contributed by atoms with Crippen LogP contribution in [0.3, 0.4) is 0 Å². The Labute approximate surface area is 170 Å². The molecule has 1 aliphatic rings. The van der Waals surface area contributed by atoms with Crippen molar-refractivity contribution < 1.29 is 17.9 Å². The Kier molecular flexibility index (Phi) is 6.61. The second-order valence-corrected chi connectivity index (χ2v) is 10.1. The number of carbonyl (C=O) groups excluding carboxylic acids is 1. The fourth-order valence-corrected chi connectivity index (χ4v) is 6.02. The average Bonchev–Trinajstić information content (AvgIpc) is 3.24. The van der Waals surface area contributed by atoms with Gasteiger partial charge in [0.15, 0.2) is 0 Å². The number of anilines is 1. The number of nitrogens with zero attached hydrogens (tertiary/aromatic N) is 1. The fraction of sp³-hybridized carbons (Fsp3) is 0.450. The number of hydrogen-bond acceptors (Lipinski definition) is 5. The first-order valence-corrected chi connectivity index (χ1v) is 11.7. The third-order valence-corrected chi connectivity index (χ3v) is 8.29. The van der Waals surface area contributed by atoms with Crippen LogP contribution in [0, 0.1) is 5.92 Å². The Bertz CT molecular complexity index is 879. The molecule has 152 valence electrons. The highest BCUT2D eigenvalue weighted by atomic mass is 32.2. The van der Waals surface area contributed by atoms with Gasteiger partial charge in [-0.05, 0) is 54.5 Å². The normalized spacial score (nSPS) is 19.8. The molecular formula is C20H26N2O4S2. The molecule has 2 aromatic rings. The van der Waals surface area contributed by atoms with Crippen molar-refractivity contribution in [3.8, 4) is 5.75 Å². The Hall–Kier alpha value is -2.06. The molecule has 0 unspecified atom stereocenters. The minimum Gasteiger partial charge on any atom is -0.497 e. The monoisotopic (exact) mass is 422 g/mol. The molecule has 6 nitrogen and oxygen atoms in total. The highest BCUT2D eigenvalue weighted by Gasteiger charge is 2.30. The van der Waals surface area contributed by atoms with Crippen molar-refractivity contribution >= 4 is 33.0 Å². The van der Waals surface area contributed by atoms with E-state index in [1.165, 1.54) is 10.7 Å². The van der Waals surface area contributed by atoms with Gasteiger partial charge in [-0.25, -0.2) is 8.42 Å². The lowest BCUT2D eigenvalue weighted by molar-refractivity contribution is -0.120. The minimum absolute atomic E-state index is 0.100. The van der Waals surface area contributed by atoms with Crippen LogP contribution in [-0.4, -0.2) is 34.0 Å². The van der Waals surface area contributed by atoms with Gasteiger partial charge in [-0.1, -0.05) is 25.8 Å². The molecule has 1 heterocycles. The van der Waals surface area contributed by atoms with Crippen molar-refractivity contribution in [3.63, 3.8) is 0 Å². The highest BCUT2D eigenvalue weighted by molar-refractivity contribution is 7.94. The largest absolute Gasteiger partial charge is 0.497 e. The average molecular weight is 423 g/mol. The molecule has 1 N–H and O–H groups in total. The smallest absolute Gasteiger partial charge is 0.274 e. The molecule has 0 radical (unpaired) electrons. The minimum atomic E-state index is -3.83. The van der Waals surface area contributed by atoms with E-state index < -0.39 is 10.0 Å². The van der Waals surface area contributed by atoms with Crippen molar-refractivity contribution in [2.45, 2.75) is 42.9 Å².